The van der Waals surface area contributed by atoms with E-state index in [2.05, 4.69) is 29.2 Å². The molecule has 3 aliphatic rings. The number of ketones is 1. The van der Waals surface area contributed by atoms with Gasteiger partial charge in [-0.25, -0.2) is 0 Å². The Hall–Kier alpha value is -0.240. The highest BCUT2D eigenvalue weighted by atomic mass is 127. The fraction of sp³-hybridized carbons (Fsp3) is 0.688. The van der Waals surface area contributed by atoms with Crippen LogP contribution in [0.3, 0.4) is 0 Å². The molecule has 4 nitrogen and oxygen atoms in total. The van der Waals surface area contributed by atoms with Crippen LogP contribution in [0.5, 0.6) is 0 Å². The van der Waals surface area contributed by atoms with E-state index in [1.807, 2.05) is 32.9 Å². The quantitative estimate of drug-likeness (QED) is 0.498. The van der Waals surface area contributed by atoms with Crippen molar-refractivity contribution in [2.24, 2.45) is 5.41 Å². The molecule has 0 aromatic carbocycles. The molecule has 2 fully saturated rings. The Bertz CT molecular complexity index is 526. The smallest absolute Gasteiger partial charge is 0.182 e. The molecule has 116 valence electrons. The lowest BCUT2D eigenvalue weighted by Crippen LogP contribution is -2.68. The molecule has 1 spiro atoms. The lowest BCUT2D eigenvalue weighted by molar-refractivity contribution is -0.351. The lowest BCUT2D eigenvalue weighted by atomic mass is 9.64. The minimum Gasteiger partial charge on any atom is -0.366 e. The molecule has 5 heteroatoms. The zero-order chi connectivity index (χ0) is 15.5. The fourth-order valence-electron chi connectivity index (χ4n) is 3.51. The average molecular weight is 404 g/mol. The number of hydrogen-bond acceptors (Lipinski definition) is 4. The van der Waals surface area contributed by atoms with Gasteiger partial charge in [-0.3, -0.25) is 4.79 Å². The number of allylic oxidation sites excluding steroid dienone is 1. The molecule has 0 radical (unpaired) electrons. The van der Waals surface area contributed by atoms with Crippen molar-refractivity contribution in [1.29, 1.82) is 0 Å². The van der Waals surface area contributed by atoms with Gasteiger partial charge in [0.2, 0.25) is 0 Å². The van der Waals surface area contributed by atoms with Crippen molar-refractivity contribution in [2.45, 2.75) is 57.2 Å². The first-order valence-electron chi connectivity index (χ1n) is 7.26. The average Bonchev–Trinajstić information content (AvgIpc) is 2.41. The molecule has 3 rings (SSSR count). The van der Waals surface area contributed by atoms with E-state index in [1.165, 1.54) is 0 Å². The second kappa shape index (κ2) is 4.88. The summed E-state index contributed by atoms with van der Waals surface area (Å²) in [6, 6.07) is 0. The number of ether oxygens (including phenoxy) is 3. The maximum absolute atomic E-state index is 12.9. The summed E-state index contributed by atoms with van der Waals surface area (Å²) in [5, 5.41) is 0. The molecule has 1 aliphatic carbocycles. The van der Waals surface area contributed by atoms with Gasteiger partial charge in [0.1, 0.15) is 5.41 Å². The number of carbonyl (C=O) groups excluding carboxylic acids is 1. The van der Waals surface area contributed by atoms with Crippen LogP contribution in [0.4, 0.5) is 0 Å². The molecule has 2 aliphatic heterocycles. The third-order valence-corrected chi connectivity index (χ3v) is 5.75. The van der Waals surface area contributed by atoms with Gasteiger partial charge in [-0.15, -0.1) is 6.58 Å². The Balaban J connectivity index is 2.06. The Morgan fingerprint density at radius 1 is 1.33 bits per heavy atom. The first kappa shape index (κ1) is 15.6. The monoisotopic (exact) mass is 404 g/mol. The van der Waals surface area contributed by atoms with Crippen molar-refractivity contribution in [3.8, 4) is 0 Å². The van der Waals surface area contributed by atoms with Gasteiger partial charge in [-0.1, -0.05) is 12.2 Å². The maximum Gasteiger partial charge on any atom is 0.182 e. The number of Topliss-reactive ketones (excluding diaryl/α,β-unsaturated/α-hetero) is 1. The molecule has 0 aromatic rings. The zero-order valence-corrected chi connectivity index (χ0v) is 14.8. The summed E-state index contributed by atoms with van der Waals surface area (Å²) in [5.41, 5.74) is -1.19. The van der Waals surface area contributed by atoms with Crippen LogP contribution in [0, 0.1) is 5.41 Å². The van der Waals surface area contributed by atoms with Crippen molar-refractivity contribution in [1.82, 2.24) is 0 Å². The summed E-state index contributed by atoms with van der Waals surface area (Å²) in [4.78, 5) is 12.9. The van der Waals surface area contributed by atoms with Crippen molar-refractivity contribution in [3.05, 3.63) is 22.3 Å². The van der Waals surface area contributed by atoms with E-state index in [0.717, 1.165) is 3.58 Å². The topological polar surface area (TPSA) is 44.8 Å². The summed E-state index contributed by atoms with van der Waals surface area (Å²) in [7, 11) is 0. The van der Waals surface area contributed by atoms with E-state index in [9.17, 15) is 4.79 Å². The molecule has 4 atom stereocenters. The first-order chi connectivity index (χ1) is 9.72. The normalized spacial score (nSPS) is 45.3. The molecule has 0 saturated carbocycles. The Morgan fingerprint density at radius 2 is 2.05 bits per heavy atom. The van der Waals surface area contributed by atoms with Crippen LogP contribution in [-0.4, -0.2) is 36.0 Å². The minimum absolute atomic E-state index is 0.0889. The van der Waals surface area contributed by atoms with Crippen molar-refractivity contribution in [3.63, 3.8) is 0 Å². The van der Waals surface area contributed by atoms with Crippen LogP contribution >= 0.6 is 22.6 Å². The SMILES string of the molecule is C=C[C@@]1(C)C[C@H]2OC(C)(C)OC[C@]23C(=O)C(I)=CC[C@H]3O1. The Labute approximate surface area is 139 Å². The molecule has 0 unspecified atom stereocenters. The molecular weight excluding hydrogens is 383 g/mol. The standard InChI is InChI=1S/C16H21IO4/c1-5-15(4)8-12-16(9-19-14(2,3)20-12)11(21-15)7-6-10(17)13(16)18/h5-6,11-12H,1,7-9H2,2-4H3/t11-,12-,15+,16-/m1/s1. The highest BCUT2D eigenvalue weighted by Crippen LogP contribution is 2.53. The Morgan fingerprint density at radius 3 is 2.71 bits per heavy atom. The van der Waals surface area contributed by atoms with E-state index < -0.39 is 16.8 Å². The summed E-state index contributed by atoms with van der Waals surface area (Å²) in [6.45, 7) is 10.0. The van der Waals surface area contributed by atoms with Crippen LogP contribution in [0.1, 0.15) is 33.6 Å². The van der Waals surface area contributed by atoms with Crippen molar-refractivity contribution in [2.75, 3.05) is 6.61 Å². The lowest BCUT2D eigenvalue weighted by Gasteiger charge is -2.58. The number of carbonyl (C=O) groups is 1. The van der Waals surface area contributed by atoms with Gasteiger partial charge in [0.05, 0.1) is 28.0 Å². The molecular formula is C16H21IO4. The van der Waals surface area contributed by atoms with E-state index >= 15 is 0 Å². The largest absolute Gasteiger partial charge is 0.366 e. The Kier molecular flexibility index (Phi) is 3.63. The number of hydrogen-bond donors (Lipinski definition) is 0. The van der Waals surface area contributed by atoms with Crippen LogP contribution in [0.25, 0.3) is 0 Å². The van der Waals surface area contributed by atoms with Crippen LogP contribution in [-0.2, 0) is 19.0 Å². The van der Waals surface area contributed by atoms with Crippen molar-refractivity contribution < 1.29 is 19.0 Å². The first-order valence-corrected chi connectivity index (χ1v) is 8.34. The van der Waals surface area contributed by atoms with Crippen molar-refractivity contribution >= 4 is 28.4 Å². The van der Waals surface area contributed by atoms with Gasteiger partial charge in [0, 0.05) is 6.42 Å². The van der Waals surface area contributed by atoms with E-state index in [-0.39, 0.29) is 18.0 Å². The third-order valence-electron chi connectivity index (χ3n) is 4.82. The van der Waals surface area contributed by atoms with E-state index in [1.54, 1.807) is 0 Å². The minimum atomic E-state index is -0.719. The summed E-state index contributed by atoms with van der Waals surface area (Å²) in [6.07, 6.45) is 4.66. The number of rotatable bonds is 1. The van der Waals surface area contributed by atoms with Gasteiger partial charge in [0.25, 0.3) is 0 Å². The van der Waals surface area contributed by atoms with Gasteiger partial charge in [-0.05, 0) is 49.8 Å². The predicted octanol–water partition coefficient (Wildman–Crippen LogP) is 3.15. The maximum atomic E-state index is 12.9. The fourth-order valence-corrected chi connectivity index (χ4v) is 4.27. The third kappa shape index (κ3) is 2.33. The van der Waals surface area contributed by atoms with Crippen LogP contribution in [0.15, 0.2) is 22.3 Å². The summed E-state index contributed by atoms with van der Waals surface area (Å²) < 4.78 is 19.0. The molecule has 0 amide bonds. The second-order valence-corrected chi connectivity index (χ2v) is 7.94. The van der Waals surface area contributed by atoms with Gasteiger partial charge in [0.15, 0.2) is 11.6 Å². The van der Waals surface area contributed by atoms with Gasteiger partial charge < -0.3 is 14.2 Å². The van der Waals surface area contributed by atoms with Gasteiger partial charge >= 0.3 is 0 Å². The molecule has 0 N–H and O–H groups in total. The highest BCUT2D eigenvalue weighted by molar-refractivity contribution is 14.1. The van der Waals surface area contributed by atoms with Crippen LogP contribution < -0.4 is 0 Å². The van der Waals surface area contributed by atoms with E-state index in [0.29, 0.717) is 19.4 Å². The summed E-state index contributed by atoms with van der Waals surface area (Å²) in [5.74, 6) is -0.585. The molecule has 21 heavy (non-hydrogen) atoms. The predicted molar refractivity (Wildman–Crippen MR) is 87.2 cm³/mol. The molecule has 0 bridgehead atoms. The second-order valence-electron chi connectivity index (χ2n) is 6.78. The van der Waals surface area contributed by atoms with Crippen LogP contribution in [0.2, 0.25) is 0 Å². The van der Waals surface area contributed by atoms with Gasteiger partial charge in [-0.2, -0.15) is 0 Å². The molecule has 2 saturated heterocycles. The molecule has 0 aromatic heterocycles. The number of halogens is 1. The van der Waals surface area contributed by atoms with E-state index in [4.69, 9.17) is 14.2 Å². The summed E-state index contributed by atoms with van der Waals surface area (Å²) >= 11 is 2.11. The highest BCUT2D eigenvalue weighted by Gasteiger charge is 2.63. The molecule has 2 heterocycles. The zero-order valence-electron chi connectivity index (χ0n) is 12.6.